The van der Waals surface area contributed by atoms with Crippen molar-refractivity contribution in [2.24, 2.45) is 0 Å². The number of nitrogens with zero attached hydrogens (tertiary/aromatic N) is 4. The molecule has 2 fully saturated rings. The zero-order valence-electron chi connectivity index (χ0n) is 18.5. The van der Waals surface area contributed by atoms with Crippen LogP contribution in [0.25, 0.3) is 11.0 Å². The molecule has 2 aliphatic rings. The lowest BCUT2D eigenvalue weighted by Crippen LogP contribution is -2.46. The highest BCUT2D eigenvalue weighted by atomic mass is 16.3. The van der Waals surface area contributed by atoms with Gasteiger partial charge in [0.05, 0.1) is 29.5 Å². The first-order valence-electron chi connectivity index (χ1n) is 11.4. The minimum atomic E-state index is -0.283. The Morgan fingerprint density at radius 1 is 1.12 bits per heavy atom. The highest BCUT2D eigenvalue weighted by Crippen LogP contribution is 2.38. The summed E-state index contributed by atoms with van der Waals surface area (Å²) in [5.41, 5.74) is 4.96. The highest BCUT2D eigenvalue weighted by molar-refractivity contribution is 5.92. The third-order valence-electron chi connectivity index (χ3n) is 6.32. The van der Waals surface area contributed by atoms with E-state index in [1.807, 2.05) is 24.4 Å². The van der Waals surface area contributed by atoms with E-state index < -0.39 is 0 Å². The number of aromatic nitrogens is 3. The number of carbonyl (C=O) groups excluding carboxylic acids is 1. The summed E-state index contributed by atoms with van der Waals surface area (Å²) in [5.74, 6) is 0.125. The highest BCUT2D eigenvalue weighted by Gasteiger charge is 2.26. The van der Waals surface area contributed by atoms with E-state index in [9.17, 15) is 9.59 Å². The van der Waals surface area contributed by atoms with Crippen molar-refractivity contribution in [1.29, 1.82) is 0 Å². The predicted octanol–water partition coefficient (Wildman–Crippen LogP) is 1.24. The number of rotatable bonds is 7. The van der Waals surface area contributed by atoms with Gasteiger partial charge in [0.25, 0.3) is 11.5 Å². The van der Waals surface area contributed by atoms with E-state index in [4.69, 9.17) is 5.11 Å². The second-order valence-corrected chi connectivity index (χ2v) is 8.75. The summed E-state index contributed by atoms with van der Waals surface area (Å²) in [6.45, 7) is 4.42. The topological polar surface area (TPSA) is 114 Å². The summed E-state index contributed by atoms with van der Waals surface area (Å²) in [6, 6.07) is 7.61. The smallest absolute Gasteiger partial charge is 0.269 e. The number of pyridine rings is 3. The molecule has 0 spiro atoms. The van der Waals surface area contributed by atoms with Crippen LogP contribution in [0.2, 0.25) is 0 Å². The third-order valence-corrected chi connectivity index (χ3v) is 6.32. The van der Waals surface area contributed by atoms with Crippen molar-refractivity contribution >= 4 is 22.6 Å². The number of nitrogens with one attached hydrogen (secondary N) is 2. The maximum atomic E-state index is 12.4. The van der Waals surface area contributed by atoms with E-state index in [0.717, 1.165) is 73.4 Å². The molecule has 9 heteroatoms. The zero-order valence-corrected chi connectivity index (χ0v) is 18.5. The number of amides is 1. The van der Waals surface area contributed by atoms with Crippen LogP contribution in [0.5, 0.6) is 0 Å². The van der Waals surface area contributed by atoms with Gasteiger partial charge in [0.2, 0.25) is 0 Å². The van der Waals surface area contributed by atoms with Crippen LogP contribution in [-0.2, 0) is 6.54 Å². The standard InChI is InChI=1S/C24H28N6O3/c31-10-5-25-24(33)20-4-3-18(14-27-20)30-8-6-29(7-9-30)15-16-11-22-21(26-13-16)12-19(17-1-2-17)23(32)28-22/h3-4,11-14,17,31H,1-2,5-10,15H2,(H,25,33)(H,28,32). The van der Waals surface area contributed by atoms with Crippen molar-refractivity contribution in [3.05, 3.63) is 63.8 Å². The molecule has 3 aromatic rings. The molecular weight excluding hydrogens is 420 g/mol. The number of anilines is 1. The van der Waals surface area contributed by atoms with Crippen LogP contribution < -0.4 is 15.8 Å². The average Bonchev–Trinajstić information content (AvgIpc) is 3.68. The molecule has 1 saturated heterocycles. The van der Waals surface area contributed by atoms with Crippen molar-refractivity contribution in [3.8, 4) is 0 Å². The average molecular weight is 449 g/mol. The largest absolute Gasteiger partial charge is 0.395 e. The lowest BCUT2D eigenvalue weighted by Gasteiger charge is -2.36. The lowest BCUT2D eigenvalue weighted by molar-refractivity contribution is 0.0940. The normalized spacial score (nSPS) is 16.8. The SMILES string of the molecule is O=C(NCCO)c1ccc(N2CCN(Cc3cnc4cc(C5CC5)c(=O)[nH]c4c3)CC2)cn1. The van der Waals surface area contributed by atoms with E-state index in [1.54, 1.807) is 12.3 Å². The molecule has 4 heterocycles. The molecule has 3 N–H and O–H groups in total. The van der Waals surface area contributed by atoms with Crippen LogP contribution in [0.4, 0.5) is 5.69 Å². The molecule has 0 aromatic carbocycles. The lowest BCUT2D eigenvalue weighted by atomic mass is 10.1. The maximum absolute atomic E-state index is 12.4. The number of hydrogen-bond acceptors (Lipinski definition) is 7. The van der Waals surface area contributed by atoms with E-state index in [0.29, 0.717) is 11.6 Å². The van der Waals surface area contributed by atoms with Crippen LogP contribution in [0.1, 0.15) is 40.4 Å². The first kappa shape index (κ1) is 21.5. The molecule has 5 rings (SSSR count). The van der Waals surface area contributed by atoms with E-state index in [2.05, 4.69) is 30.1 Å². The molecular formula is C24H28N6O3. The minimum absolute atomic E-state index is 0.0167. The van der Waals surface area contributed by atoms with Gasteiger partial charge in [0.1, 0.15) is 5.69 Å². The second-order valence-electron chi connectivity index (χ2n) is 8.75. The van der Waals surface area contributed by atoms with Crippen molar-refractivity contribution in [1.82, 2.24) is 25.2 Å². The molecule has 1 aliphatic carbocycles. The molecule has 3 aromatic heterocycles. The number of carbonyl (C=O) groups is 1. The van der Waals surface area contributed by atoms with Gasteiger partial charge < -0.3 is 20.3 Å². The fourth-order valence-electron chi connectivity index (χ4n) is 4.31. The van der Waals surface area contributed by atoms with Gasteiger partial charge in [-0.3, -0.25) is 19.5 Å². The summed E-state index contributed by atoms with van der Waals surface area (Å²) in [7, 11) is 0. The molecule has 172 valence electrons. The Labute approximate surface area is 191 Å². The van der Waals surface area contributed by atoms with E-state index >= 15 is 0 Å². The first-order valence-corrected chi connectivity index (χ1v) is 11.4. The van der Waals surface area contributed by atoms with E-state index in [-0.39, 0.29) is 24.6 Å². The van der Waals surface area contributed by atoms with Gasteiger partial charge in [-0.2, -0.15) is 0 Å². The number of aromatic amines is 1. The van der Waals surface area contributed by atoms with Gasteiger partial charge in [-0.05, 0) is 48.6 Å². The van der Waals surface area contributed by atoms with Crippen LogP contribution in [0.15, 0.2) is 41.5 Å². The van der Waals surface area contributed by atoms with Gasteiger partial charge in [0, 0.05) is 51.0 Å². The Morgan fingerprint density at radius 2 is 1.94 bits per heavy atom. The summed E-state index contributed by atoms with van der Waals surface area (Å²) >= 11 is 0. The van der Waals surface area contributed by atoms with Gasteiger partial charge in [0.15, 0.2) is 0 Å². The molecule has 0 bridgehead atoms. The van der Waals surface area contributed by atoms with E-state index in [1.165, 1.54) is 0 Å². The number of fused-ring (bicyclic) bond motifs is 1. The van der Waals surface area contributed by atoms with Crippen LogP contribution in [0.3, 0.4) is 0 Å². The van der Waals surface area contributed by atoms with Gasteiger partial charge >= 0.3 is 0 Å². The Hall–Kier alpha value is -3.30. The molecule has 0 atom stereocenters. The van der Waals surface area contributed by atoms with Gasteiger partial charge in [-0.1, -0.05) is 0 Å². The number of aliphatic hydroxyl groups is 1. The summed E-state index contributed by atoms with van der Waals surface area (Å²) in [6.07, 6.45) is 5.83. The maximum Gasteiger partial charge on any atom is 0.269 e. The fraction of sp³-hybridized carbons (Fsp3) is 0.417. The molecule has 1 aliphatic heterocycles. The van der Waals surface area contributed by atoms with Crippen molar-refractivity contribution in [3.63, 3.8) is 0 Å². The summed E-state index contributed by atoms with van der Waals surface area (Å²) in [5, 5.41) is 11.4. The number of hydrogen-bond donors (Lipinski definition) is 3. The van der Waals surface area contributed by atoms with Crippen LogP contribution in [0, 0.1) is 0 Å². The van der Waals surface area contributed by atoms with Gasteiger partial charge in [-0.15, -0.1) is 0 Å². The Morgan fingerprint density at radius 3 is 2.64 bits per heavy atom. The van der Waals surface area contributed by atoms with Crippen molar-refractivity contribution in [2.45, 2.75) is 25.3 Å². The minimum Gasteiger partial charge on any atom is -0.395 e. The molecule has 33 heavy (non-hydrogen) atoms. The van der Waals surface area contributed by atoms with Crippen LogP contribution >= 0.6 is 0 Å². The predicted molar refractivity (Wildman–Crippen MR) is 125 cm³/mol. The molecule has 1 saturated carbocycles. The first-order chi connectivity index (χ1) is 16.1. The van der Waals surface area contributed by atoms with Crippen molar-refractivity contribution in [2.75, 3.05) is 44.2 Å². The van der Waals surface area contributed by atoms with Crippen molar-refractivity contribution < 1.29 is 9.90 Å². The zero-order chi connectivity index (χ0) is 22.8. The quantitative estimate of drug-likeness (QED) is 0.498. The molecule has 0 radical (unpaired) electrons. The fourth-order valence-corrected chi connectivity index (χ4v) is 4.31. The molecule has 9 nitrogen and oxygen atoms in total. The number of aliphatic hydroxyl groups excluding tert-OH is 1. The molecule has 1 amide bonds. The Kier molecular flexibility index (Phi) is 6.06. The number of H-pyrrole nitrogens is 1. The monoisotopic (exact) mass is 448 g/mol. The molecule has 0 unspecified atom stereocenters. The van der Waals surface area contributed by atoms with Gasteiger partial charge in [-0.25, -0.2) is 4.98 Å². The Bertz CT molecular complexity index is 1200. The Balaban J connectivity index is 1.18. The van der Waals surface area contributed by atoms with Crippen LogP contribution in [-0.4, -0.2) is 70.2 Å². The second kappa shape index (κ2) is 9.29. The summed E-state index contributed by atoms with van der Waals surface area (Å²) < 4.78 is 0. The summed E-state index contributed by atoms with van der Waals surface area (Å²) in [4.78, 5) is 40.8. The third kappa shape index (κ3) is 4.89. The number of piperazine rings is 1.